The second-order valence-corrected chi connectivity index (χ2v) is 9.21. The Morgan fingerprint density at radius 3 is 2.41 bits per heavy atom. The molecule has 2 fully saturated rings. The molecule has 0 saturated carbocycles. The predicted molar refractivity (Wildman–Crippen MR) is 135 cm³/mol. The van der Waals surface area contributed by atoms with Gasteiger partial charge in [-0.15, -0.1) is 0 Å². The Morgan fingerprint density at radius 1 is 1.03 bits per heavy atom. The zero-order valence-electron chi connectivity index (χ0n) is 19.1. The highest BCUT2D eigenvalue weighted by Gasteiger charge is 2.21. The summed E-state index contributed by atoms with van der Waals surface area (Å²) in [6.07, 6.45) is 6.21. The Bertz CT molecular complexity index is 900. The summed E-state index contributed by atoms with van der Waals surface area (Å²) in [6, 6.07) is 10.1. The van der Waals surface area contributed by atoms with E-state index in [9.17, 15) is 0 Å². The number of hydrogen-bond donors (Lipinski definition) is 2. The summed E-state index contributed by atoms with van der Waals surface area (Å²) in [5.74, 6) is 4.08. The van der Waals surface area contributed by atoms with Crippen molar-refractivity contribution in [3.05, 3.63) is 35.9 Å². The zero-order chi connectivity index (χ0) is 22.3. The van der Waals surface area contributed by atoms with Crippen molar-refractivity contribution in [1.82, 2.24) is 15.3 Å². The minimum atomic E-state index is 0.523. The molecule has 8 heteroatoms. The van der Waals surface area contributed by atoms with Crippen molar-refractivity contribution in [2.24, 2.45) is 5.92 Å². The lowest BCUT2D eigenvalue weighted by atomic mass is 10.0. The van der Waals surface area contributed by atoms with Crippen LogP contribution in [0.3, 0.4) is 0 Å². The lowest BCUT2D eigenvalue weighted by Crippen LogP contribution is -2.36. The molecule has 2 aromatic rings. The number of anilines is 3. The van der Waals surface area contributed by atoms with Crippen molar-refractivity contribution >= 4 is 34.9 Å². The fourth-order valence-corrected chi connectivity index (χ4v) is 4.56. The SMILES string of the molecule is COc1ccc(CNC(=S)Nc2nc(N3CCCCC3)cc(N3CCC[C@@H](C)C3)n2)cc1. The van der Waals surface area contributed by atoms with Crippen molar-refractivity contribution in [2.75, 3.05) is 48.4 Å². The molecule has 2 saturated heterocycles. The molecule has 0 bridgehead atoms. The van der Waals surface area contributed by atoms with E-state index in [1.165, 1.54) is 32.1 Å². The van der Waals surface area contributed by atoms with E-state index < -0.39 is 0 Å². The van der Waals surface area contributed by atoms with E-state index in [0.29, 0.717) is 23.5 Å². The molecule has 7 nitrogen and oxygen atoms in total. The lowest BCUT2D eigenvalue weighted by molar-refractivity contribution is 0.414. The number of nitrogens with zero attached hydrogens (tertiary/aromatic N) is 4. The number of ether oxygens (including phenoxy) is 1. The van der Waals surface area contributed by atoms with Crippen molar-refractivity contribution in [2.45, 2.75) is 45.6 Å². The standard InChI is InChI=1S/C24H34N6OS/c1-18-7-6-14-30(17-18)22-15-21(29-12-4-3-5-13-29)26-23(27-22)28-24(32)25-16-19-8-10-20(31-2)11-9-19/h8-11,15,18H,3-7,12-14,16-17H2,1-2H3,(H2,25,26,27,28,32)/t18-/m1/s1. The third-order valence-electron chi connectivity index (χ3n) is 6.20. The Morgan fingerprint density at radius 2 is 1.72 bits per heavy atom. The largest absolute Gasteiger partial charge is 0.497 e. The van der Waals surface area contributed by atoms with Crippen LogP contribution in [0.15, 0.2) is 30.3 Å². The minimum absolute atomic E-state index is 0.523. The van der Waals surface area contributed by atoms with Gasteiger partial charge in [-0.25, -0.2) is 0 Å². The van der Waals surface area contributed by atoms with Crippen LogP contribution in [0.2, 0.25) is 0 Å². The van der Waals surface area contributed by atoms with E-state index in [4.69, 9.17) is 26.9 Å². The van der Waals surface area contributed by atoms with Gasteiger partial charge in [-0.2, -0.15) is 9.97 Å². The normalized spacial score (nSPS) is 18.9. The highest BCUT2D eigenvalue weighted by atomic mass is 32.1. The van der Waals surface area contributed by atoms with Crippen LogP contribution in [0.5, 0.6) is 5.75 Å². The maximum absolute atomic E-state index is 5.55. The molecular formula is C24H34N6OS. The van der Waals surface area contributed by atoms with Crippen LogP contribution in [0, 0.1) is 5.92 Å². The number of nitrogens with one attached hydrogen (secondary N) is 2. The first-order valence-corrected chi connectivity index (χ1v) is 12.1. The number of piperidine rings is 2. The van der Waals surface area contributed by atoms with Gasteiger partial charge in [0.15, 0.2) is 5.11 Å². The molecule has 0 amide bonds. The van der Waals surface area contributed by atoms with E-state index in [1.807, 2.05) is 24.3 Å². The van der Waals surface area contributed by atoms with Gasteiger partial charge in [0.25, 0.3) is 0 Å². The molecule has 2 N–H and O–H groups in total. The number of aromatic nitrogens is 2. The third kappa shape index (κ3) is 6.00. The van der Waals surface area contributed by atoms with E-state index in [1.54, 1.807) is 7.11 Å². The summed E-state index contributed by atoms with van der Waals surface area (Å²) in [7, 11) is 1.67. The fraction of sp³-hybridized carbons (Fsp3) is 0.542. The van der Waals surface area contributed by atoms with Gasteiger partial charge in [-0.3, -0.25) is 0 Å². The minimum Gasteiger partial charge on any atom is -0.497 e. The lowest BCUT2D eigenvalue weighted by Gasteiger charge is -2.33. The molecule has 0 radical (unpaired) electrons. The summed E-state index contributed by atoms with van der Waals surface area (Å²) in [6.45, 7) is 7.11. The summed E-state index contributed by atoms with van der Waals surface area (Å²) >= 11 is 5.55. The quantitative estimate of drug-likeness (QED) is 0.630. The van der Waals surface area contributed by atoms with Crippen molar-refractivity contribution in [1.29, 1.82) is 0 Å². The fourth-order valence-electron chi connectivity index (χ4n) is 4.39. The van der Waals surface area contributed by atoms with Gasteiger partial charge in [0.05, 0.1) is 7.11 Å². The van der Waals surface area contributed by atoms with Crippen molar-refractivity contribution in [3.63, 3.8) is 0 Å². The van der Waals surface area contributed by atoms with Crippen LogP contribution in [-0.4, -0.2) is 48.4 Å². The summed E-state index contributed by atoms with van der Waals surface area (Å²) in [5, 5.41) is 7.01. The molecule has 2 aliphatic heterocycles. The molecule has 0 unspecified atom stereocenters. The number of benzene rings is 1. The first-order valence-electron chi connectivity index (χ1n) is 11.7. The highest BCUT2D eigenvalue weighted by molar-refractivity contribution is 7.80. The van der Waals surface area contributed by atoms with Crippen LogP contribution in [0.4, 0.5) is 17.6 Å². The Labute approximate surface area is 196 Å². The molecule has 172 valence electrons. The molecule has 3 heterocycles. The van der Waals surface area contributed by atoms with Gasteiger partial charge in [0.2, 0.25) is 5.95 Å². The van der Waals surface area contributed by atoms with Crippen LogP contribution < -0.4 is 25.2 Å². The van der Waals surface area contributed by atoms with Gasteiger partial charge < -0.3 is 25.2 Å². The van der Waals surface area contributed by atoms with E-state index in [2.05, 4.69) is 33.4 Å². The number of methoxy groups -OCH3 is 1. The molecule has 32 heavy (non-hydrogen) atoms. The van der Waals surface area contributed by atoms with Gasteiger partial charge in [-0.1, -0.05) is 19.1 Å². The number of hydrogen-bond acceptors (Lipinski definition) is 6. The third-order valence-corrected chi connectivity index (χ3v) is 6.44. The average Bonchev–Trinajstić information content (AvgIpc) is 2.83. The smallest absolute Gasteiger partial charge is 0.232 e. The van der Waals surface area contributed by atoms with Gasteiger partial charge >= 0.3 is 0 Å². The highest BCUT2D eigenvalue weighted by Crippen LogP contribution is 2.27. The maximum atomic E-state index is 5.55. The molecule has 0 spiro atoms. The monoisotopic (exact) mass is 454 g/mol. The topological polar surface area (TPSA) is 65.6 Å². The summed E-state index contributed by atoms with van der Waals surface area (Å²) in [4.78, 5) is 14.4. The second kappa shape index (κ2) is 10.8. The van der Waals surface area contributed by atoms with E-state index in [0.717, 1.165) is 49.1 Å². The molecule has 2 aliphatic rings. The van der Waals surface area contributed by atoms with E-state index in [-0.39, 0.29) is 0 Å². The molecule has 1 aromatic heterocycles. The van der Waals surface area contributed by atoms with Gasteiger partial charge in [0.1, 0.15) is 17.4 Å². The molecule has 0 aliphatic carbocycles. The Kier molecular flexibility index (Phi) is 7.63. The molecule has 1 aromatic carbocycles. The van der Waals surface area contributed by atoms with E-state index >= 15 is 0 Å². The second-order valence-electron chi connectivity index (χ2n) is 8.80. The number of rotatable bonds is 6. The van der Waals surface area contributed by atoms with Crippen molar-refractivity contribution < 1.29 is 4.74 Å². The average molecular weight is 455 g/mol. The van der Waals surface area contributed by atoms with Crippen LogP contribution in [0.25, 0.3) is 0 Å². The predicted octanol–water partition coefficient (Wildman–Crippen LogP) is 4.20. The number of thiocarbonyl (C=S) groups is 1. The summed E-state index contributed by atoms with van der Waals surface area (Å²) in [5.41, 5.74) is 1.13. The Hall–Kier alpha value is -2.61. The molecule has 1 atom stereocenters. The van der Waals surface area contributed by atoms with Crippen LogP contribution in [0.1, 0.15) is 44.6 Å². The molecular weight excluding hydrogens is 420 g/mol. The molecule has 4 rings (SSSR count). The maximum Gasteiger partial charge on any atom is 0.232 e. The first-order chi connectivity index (χ1) is 15.6. The van der Waals surface area contributed by atoms with Gasteiger partial charge in [-0.05, 0) is 67.9 Å². The Balaban J connectivity index is 1.46. The van der Waals surface area contributed by atoms with Crippen LogP contribution in [-0.2, 0) is 6.54 Å². The van der Waals surface area contributed by atoms with Crippen LogP contribution >= 0.6 is 12.2 Å². The first kappa shape index (κ1) is 22.6. The zero-order valence-corrected chi connectivity index (χ0v) is 20.0. The van der Waals surface area contributed by atoms with Gasteiger partial charge in [0, 0.05) is 38.8 Å². The van der Waals surface area contributed by atoms with Crippen molar-refractivity contribution in [3.8, 4) is 5.75 Å². The summed E-state index contributed by atoms with van der Waals surface area (Å²) < 4.78 is 5.22.